The standard InChI is InChI=1S/C21H23N3S/c1-15(2)7-8-18-14-24(25)20-19(18)9-11-22-21(20)23-12-10-16-5-3-4-6-17(16)13-23/h3-6,9,11,14,25H,1,7-8,10,12-13H2,2H3. The van der Waals surface area contributed by atoms with Gasteiger partial charge in [0.15, 0.2) is 5.82 Å². The number of nitrogens with zero attached hydrogens (tertiary/aromatic N) is 3. The van der Waals surface area contributed by atoms with Crippen molar-refractivity contribution in [2.75, 3.05) is 11.4 Å². The van der Waals surface area contributed by atoms with Crippen molar-refractivity contribution in [3.8, 4) is 0 Å². The molecular formula is C21H23N3S. The Morgan fingerprint density at radius 1 is 1.24 bits per heavy atom. The van der Waals surface area contributed by atoms with Crippen LogP contribution in [-0.4, -0.2) is 15.5 Å². The maximum atomic E-state index is 4.71. The molecule has 0 unspecified atom stereocenters. The molecule has 3 aromatic rings. The van der Waals surface area contributed by atoms with Crippen LogP contribution in [0.1, 0.15) is 30.0 Å². The Hall–Kier alpha value is -2.20. The average Bonchev–Trinajstić information content (AvgIpc) is 2.96. The number of benzene rings is 1. The minimum atomic E-state index is 0.905. The summed E-state index contributed by atoms with van der Waals surface area (Å²) in [6.07, 6.45) is 7.10. The van der Waals surface area contributed by atoms with Crippen LogP contribution in [0.3, 0.4) is 0 Å². The Kier molecular flexibility index (Phi) is 4.30. The largest absolute Gasteiger partial charge is 0.350 e. The van der Waals surface area contributed by atoms with Gasteiger partial charge in [0.1, 0.15) is 5.52 Å². The van der Waals surface area contributed by atoms with Crippen molar-refractivity contribution in [2.45, 2.75) is 32.7 Å². The highest BCUT2D eigenvalue weighted by atomic mass is 32.1. The molecule has 1 aliphatic rings. The zero-order chi connectivity index (χ0) is 17.4. The number of rotatable bonds is 4. The maximum absolute atomic E-state index is 4.71. The van der Waals surface area contributed by atoms with Crippen LogP contribution in [0.4, 0.5) is 5.82 Å². The predicted molar refractivity (Wildman–Crippen MR) is 108 cm³/mol. The van der Waals surface area contributed by atoms with Crippen LogP contribution in [0, 0.1) is 0 Å². The number of aryl methyl sites for hydroxylation is 1. The van der Waals surface area contributed by atoms with Crippen LogP contribution in [0.25, 0.3) is 10.9 Å². The summed E-state index contributed by atoms with van der Waals surface area (Å²) in [5, 5.41) is 1.25. The summed E-state index contributed by atoms with van der Waals surface area (Å²) in [5.74, 6) is 1.03. The summed E-state index contributed by atoms with van der Waals surface area (Å²) in [6.45, 7) is 8.00. The Labute approximate surface area is 154 Å². The van der Waals surface area contributed by atoms with E-state index < -0.39 is 0 Å². The molecule has 0 saturated carbocycles. The fourth-order valence-electron chi connectivity index (χ4n) is 3.66. The molecule has 3 nitrogen and oxygen atoms in total. The zero-order valence-electron chi connectivity index (χ0n) is 14.6. The third-order valence-corrected chi connectivity index (χ3v) is 5.32. The third-order valence-electron chi connectivity index (χ3n) is 5.01. The summed E-state index contributed by atoms with van der Waals surface area (Å²) in [4.78, 5) is 7.09. The second-order valence-corrected chi connectivity index (χ2v) is 7.36. The Balaban J connectivity index is 1.72. The summed E-state index contributed by atoms with van der Waals surface area (Å²) < 4.78 is 1.94. The molecule has 0 radical (unpaired) electrons. The van der Waals surface area contributed by atoms with Gasteiger partial charge in [-0.15, -0.1) is 6.58 Å². The maximum Gasteiger partial charge on any atom is 0.154 e. The topological polar surface area (TPSA) is 21.1 Å². The van der Waals surface area contributed by atoms with Gasteiger partial charge in [0.25, 0.3) is 0 Å². The van der Waals surface area contributed by atoms with Crippen molar-refractivity contribution in [2.24, 2.45) is 0 Å². The fourth-order valence-corrected chi connectivity index (χ4v) is 4.00. The van der Waals surface area contributed by atoms with E-state index in [2.05, 4.69) is 67.7 Å². The molecule has 0 N–H and O–H groups in total. The Morgan fingerprint density at radius 3 is 2.84 bits per heavy atom. The van der Waals surface area contributed by atoms with Crippen LogP contribution in [-0.2, 0) is 19.4 Å². The van der Waals surface area contributed by atoms with Gasteiger partial charge in [-0.3, -0.25) is 3.97 Å². The number of thiol groups is 1. The van der Waals surface area contributed by atoms with Crippen molar-refractivity contribution in [1.82, 2.24) is 8.96 Å². The molecule has 1 aromatic carbocycles. The highest BCUT2D eigenvalue weighted by Crippen LogP contribution is 2.33. The molecule has 0 bridgehead atoms. The first-order chi connectivity index (χ1) is 12.1. The highest BCUT2D eigenvalue weighted by molar-refractivity contribution is 7.78. The van der Waals surface area contributed by atoms with E-state index in [9.17, 15) is 0 Å². The monoisotopic (exact) mass is 349 g/mol. The van der Waals surface area contributed by atoms with Crippen molar-refractivity contribution >= 4 is 29.5 Å². The first kappa shape index (κ1) is 16.3. The van der Waals surface area contributed by atoms with Gasteiger partial charge >= 0.3 is 0 Å². The number of pyridine rings is 1. The summed E-state index contributed by atoms with van der Waals surface area (Å²) in [5.41, 5.74) is 6.49. The normalized spacial score (nSPS) is 13.9. The first-order valence-corrected chi connectivity index (χ1v) is 9.18. The van der Waals surface area contributed by atoms with Crippen molar-refractivity contribution in [3.05, 3.63) is 71.6 Å². The molecule has 1 aliphatic heterocycles. The van der Waals surface area contributed by atoms with E-state index in [1.807, 2.05) is 10.2 Å². The van der Waals surface area contributed by atoms with E-state index in [1.165, 1.54) is 27.6 Å². The zero-order valence-corrected chi connectivity index (χ0v) is 15.5. The first-order valence-electron chi connectivity index (χ1n) is 8.78. The lowest BCUT2D eigenvalue weighted by Crippen LogP contribution is -2.31. The molecule has 0 amide bonds. The van der Waals surface area contributed by atoms with E-state index in [0.717, 1.165) is 43.7 Å². The minimum absolute atomic E-state index is 0.905. The molecular weight excluding hydrogens is 326 g/mol. The van der Waals surface area contributed by atoms with Gasteiger partial charge < -0.3 is 4.90 Å². The number of hydrogen-bond donors (Lipinski definition) is 1. The van der Waals surface area contributed by atoms with Crippen LogP contribution in [0.15, 0.2) is 54.9 Å². The molecule has 0 aliphatic carbocycles. The molecule has 4 rings (SSSR count). The lowest BCUT2D eigenvalue weighted by molar-refractivity contribution is 0.723. The van der Waals surface area contributed by atoms with E-state index in [-0.39, 0.29) is 0 Å². The SMILES string of the molecule is C=C(C)CCc1cn(S)c2c(N3CCc4ccccc4C3)nccc12. The number of fused-ring (bicyclic) bond motifs is 2. The number of hydrogen-bond acceptors (Lipinski definition) is 3. The molecule has 0 atom stereocenters. The minimum Gasteiger partial charge on any atom is -0.350 e. The number of anilines is 1. The molecule has 2 aromatic heterocycles. The van der Waals surface area contributed by atoms with Crippen molar-refractivity contribution in [1.29, 1.82) is 0 Å². The Morgan fingerprint density at radius 2 is 2.04 bits per heavy atom. The van der Waals surface area contributed by atoms with Gasteiger partial charge in [-0.2, -0.15) is 0 Å². The third kappa shape index (κ3) is 3.07. The van der Waals surface area contributed by atoms with Gasteiger partial charge in [0.05, 0.1) is 0 Å². The van der Waals surface area contributed by atoms with E-state index in [1.54, 1.807) is 0 Å². The highest BCUT2D eigenvalue weighted by Gasteiger charge is 2.21. The lowest BCUT2D eigenvalue weighted by Gasteiger charge is -2.30. The Bertz CT molecular complexity index is 941. The van der Waals surface area contributed by atoms with Crippen molar-refractivity contribution < 1.29 is 0 Å². The molecule has 0 spiro atoms. The molecule has 25 heavy (non-hydrogen) atoms. The predicted octanol–water partition coefficient (Wildman–Crippen LogP) is 4.80. The number of allylic oxidation sites excluding steroid dienone is 1. The van der Waals surface area contributed by atoms with E-state index in [0.29, 0.717) is 0 Å². The fraction of sp³-hybridized carbons (Fsp3) is 0.286. The molecule has 0 fully saturated rings. The number of aromatic nitrogens is 2. The molecule has 4 heteroatoms. The van der Waals surface area contributed by atoms with Crippen LogP contribution in [0.2, 0.25) is 0 Å². The molecule has 3 heterocycles. The van der Waals surface area contributed by atoms with Gasteiger partial charge in [0.2, 0.25) is 0 Å². The van der Waals surface area contributed by atoms with Gasteiger partial charge in [-0.05, 0) is 48.9 Å². The van der Waals surface area contributed by atoms with Gasteiger partial charge in [0, 0.05) is 30.9 Å². The molecule has 128 valence electrons. The van der Waals surface area contributed by atoms with E-state index in [4.69, 9.17) is 4.98 Å². The average molecular weight is 350 g/mol. The van der Waals surface area contributed by atoms with Crippen LogP contribution < -0.4 is 4.90 Å². The molecule has 0 saturated heterocycles. The lowest BCUT2D eigenvalue weighted by atomic mass is 10.00. The smallest absolute Gasteiger partial charge is 0.154 e. The van der Waals surface area contributed by atoms with Crippen LogP contribution in [0.5, 0.6) is 0 Å². The second kappa shape index (κ2) is 6.60. The summed E-state index contributed by atoms with van der Waals surface area (Å²) in [6, 6.07) is 10.8. The van der Waals surface area contributed by atoms with E-state index >= 15 is 0 Å². The van der Waals surface area contributed by atoms with Gasteiger partial charge in [-0.1, -0.05) is 42.7 Å². The summed E-state index contributed by atoms with van der Waals surface area (Å²) in [7, 11) is 0. The quantitative estimate of drug-likeness (QED) is 0.539. The summed E-state index contributed by atoms with van der Waals surface area (Å²) >= 11 is 4.69. The van der Waals surface area contributed by atoms with Crippen LogP contribution >= 0.6 is 12.8 Å². The van der Waals surface area contributed by atoms with Gasteiger partial charge in [-0.25, -0.2) is 4.98 Å². The van der Waals surface area contributed by atoms with Crippen molar-refractivity contribution in [3.63, 3.8) is 0 Å². The second-order valence-electron chi connectivity index (χ2n) is 6.93.